The molecule has 2 aromatic heterocycles. The molecule has 1 fully saturated rings. The van der Waals surface area contributed by atoms with Crippen LogP contribution in [-0.4, -0.2) is 60.4 Å². The fourth-order valence-electron chi connectivity index (χ4n) is 2.76. The van der Waals surface area contributed by atoms with Gasteiger partial charge in [0.2, 0.25) is 0 Å². The molecule has 2 aromatic rings. The van der Waals surface area contributed by atoms with Crippen LogP contribution in [0, 0.1) is 0 Å². The average Bonchev–Trinajstić information content (AvgIpc) is 3.12. The molecule has 0 amide bonds. The molecule has 0 saturated carbocycles. The van der Waals surface area contributed by atoms with Crippen LogP contribution in [0.3, 0.4) is 0 Å². The smallest absolute Gasteiger partial charge is 0.180 e. The van der Waals surface area contributed by atoms with Gasteiger partial charge in [0, 0.05) is 46.2 Å². The molecule has 1 saturated heterocycles. The number of nitrogens with one attached hydrogen (secondary N) is 1. The third-order valence-electron chi connectivity index (χ3n) is 3.83. The Morgan fingerprint density at radius 2 is 2.00 bits per heavy atom. The Labute approximate surface area is 123 Å². The summed E-state index contributed by atoms with van der Waals surface area (Å²) in [5, 5.41) is 3.25. The lowest BCUT2D eigenvalue weighted by atomic mass is 10.3. The van der Waals surface area contributed by atoms with Gasteiger partial charge in [0.1, 0.15) is 18.0 Å². The van der Waals surface area contributed by atoms with Gasteiger partial charge in [-0.25, -0.2) is 9.97 Å². The molecule has 1 N–H and O–H groups in total. The van der Waals surface area contributed by atoms with Crippen molar-refractivity contribution in [3.8, 4) is 0 Å². The number of ether oxygens (including phenoxy) is 2. The standard InChI is InChI=1S/C14H21N5O2/c1-4-15-12-9-18-6-5-16-13(18)14(17-12)19-7-10(20-2)11(8-19)21-3/h5-6,9-11,15H,4,7-8H2,1-3H3. The highest BCUT2D eigenvalue weighted by Crippen LogP contribution is 2.26. The quantitative estimate of drug-likeness (QED) is 0.887. The summed E-state index contributed by atoms with van der Waals surface area (Å²) in [4.78, 5) is 11.3. The van der Waals surface area contributed by atoms with Gasteiger partial charge in [0.05, 0.1) is 6.20 Å². The highest BCUT2D eigenvalue weighted by atomic mass is 16.5. The molecule has 114 valence electrons. The van der Waals surface area contributed by atoms with Gasteiger partial charge in [-0.2, -0.15) is 0 Å². The van der Waals surface area contributed by atoms with Gasteiger partial charge in [0.25, 0.3) is 0 Å². The fourth-order valence-corrected chi connectivity index (χ4v) is 2.76. The second-order valence-corrected chi connectivity index (χ2v) is 5.09. The molecule has 7 nitrogen and oxygen atoms in total. The van der Waals surface area contributed by atoms with E-state index in [0.29, 0.717) is 0 Å². The maximum atomic E-state index is 5.50. The molecule has 7 heteroatoms. The molecule has 0 aromatic carbocycles. The normalized spacial score (nSPS) is 22.1. The highest BCUT2D eigenvalue weighted by molar-refractivity contribution is 5.67. The minimum absolute atomic E-state index is 0.0506. The van der Waals surface area contributed by atoms with E-state index in [1.54, 1.807) is 20.4 Å². The molecule has 2 unspecified atom stereocenters. The minimum Gasteiger partial charge on any atom is -0.377 e. The van der Waals surface area contributed by atoms with Crippen molar-refractivity contribution in [2.24, 2.45) is 0 Å². The summed E-state index contributed by atoms with van der Waals surface area (Å²) in [6, 6.07) is 0. The lowest BCUT2D eigenvalue weighted by molar-refractivity contribution is -0.00461. The molecule has 0 aliphatic carbocycles. The maximum absolute atomic E-state index is 5.50. The molecule has 0 radical (unpaired) electrons. The van der Waals surface area contributed by atoms with E-state index in [0.717, 1.165) is 36.9 Å². The number of hydrogen-bond acceptors (Lipinski definition) is 6. The first-order chi connectivity index (χ1) is 10.3. The molecule has 0 spiro atoms. The second kappa shape index (κ2) is 5.87. The molecule has 2 atom stereocenters. The van der Waals surface area contributed by atoms with Crippen LogP contribution in [0.15, 0.2) is 18.6 Å². The number of methoxy groups -OCH3 is 2. The summed E-state index contributed by atoms with van der Waals surface area (Å²) in [6.45, 7) is 4.38. The SMILES string of the molecule is CCNc1cn2ccnc2c(N2CC(OC)C(OC)C2)n1. The van der Waals surface area contributed by atoms with Crippen LogP contribution in [0.1, 0.15) is 6.92 Å². The van der Waals surface area contributed by atoms with Gasteiger partial charge in [-0.05, 0) is 6.92 Å². The number of fused-ring (bicyclic) bond motifs is 1. The van der Waals surface area contributed by atoms with Crippen LogP contribution in [0.4, 0.5) is 11.6 Å². The number of aromatic nitrogens is 3. The number of imidazole rings is 1. The Hall–Kier alpha value is -1.86. The van der Waals surface area contributed by atoms with Crippen LogP contribution < -0.4 is 10.2 Å². The average molecular weight is 291 g/mol. The van der Waals surface area contributed by atoms with E-state index in [1.807, 2.05) is 16.8 Å². The summed E-state index contributed by atoms with van der Waals surface area (Å²) in [5.41, 5.74) is 0.850. The van der Waals surface area contributed by atoms with Crippen molar-refractivity contribution in [2.45, 2.75) is 19.1 Å². The number of anilines is 2. The molecule has 3 rings (SSSR count). The van der Waals surface area contributed by atoms with Crippen LogP contribution in [0.25, 0.3) is 5.65 Å². The first kappa shape index (κ1) is 14.1. The zero-order valence-corrected chi connectivity index (χ0v) is 12.6. The van der Waals surface area contributed by atoms with Crippen molar-refractivity contribution in [2.75, 3.05) is 44.1 Å². The maximum Gasteiger partial charge on any atom is 0.180 e. The first-order valence-corrected chi connectivity index (χ1v) is 7.15. The van der Waals surface area contributed by atoms with Crippen molar-refractivity contribution < 1.29 is 9.47 Å². The van der Waals surface area contributed by atoms with Crippen LogP contribution in [0.2, 0.25) is 0 Å². The summed E-state index contributed by atoms with van der Waals surface area (Å²) in [7, 11) is 3.43. The Morgan fingerprint density at radius 3 is 2.62 bits per heavy atom. The van der Waals surface area contributed by atoms with Crippen LogP contribution >= 0.6 is 0 Å². The number of hydrogen-bond donors (Lipinski definition) is 1. The molecule has 3 heterocycles. The van der Waals surface area contributed by atoms with Gasteiger partial charge >= 0.3 is 0 Å². The van der Waals surface area contributed by atoms with Gasteiger partial charge in [-0.1, -0.05) is 0 Å². The van der Waals surface area contributed by atoms with E-state index in [2.05, 4.69) is 22.1 Å². The first-order valence-electron chi connectivity index (χ1n) is 7.15. The molecular weight excluding hydrogens is 270 g/mol. The molecular formula is C14H21N5O2. The Kier molecular flexibility index (Phi) is 3.94. The van der Waals surface area contributed by atoms with Crippen LogP contribution in [0.5, 0.6) is 0 Å². The molecule has 1 aliphatic rings. The van der Waals surface area contributed by atoms with Crippen molar-refractivity contribution in [3.63, 3.8) is 0 Å². The largest absolute Gasteiger partial charge is 0.377 e. The minimum atomic E-state index is 0.0506. The predicted molar refractivity (Wildman–Crippen MR) is 81.0 cm³/mol. The Morgan fingerprint density at radius 1 is 1.29 bits per heavy atom. The highest BCUT2D eigenvalue weighted by Gasteiger charge is 2.34. The number of nitrogens with zero attached hydrogens (tertiary/aromatic N) is 4. The van der Waals surface area contributed by atoms with E-state index >= 15 is 0 Å². The third-order valence-corrected chi connectivity index (χ3v) is 3.83. The third kappa shape index (κ3) is 2.54. The van der Waals surface area contributed by atoms with E-state index in [-0.39, 0.29) is 12.2 Å². The van der Waals surface area contributed by atoms with Crippen LogP contribution in [-0.2, 0) is 9.47 Å². The Bertz CT molecular complexity index is 602. The van der Waals surface area contributed by atoms with Crippen molar-refractivity contribution >= 4 is 17.3 Å². The summed E-state index contributed by atoms with van der Waals surface area (Å²) in [6.07, 6.45) is 5.77. The molecule has 1 aliphatic heterocycles. The summed E-state index contributed by atoms with van der Waals surface area (Å²) in [5.74, 6) is 1.70. The van der Waals surface area contributed by atoms with Crippen molar-refractivity contribution in [3.05, 3.63) is 18.6 Å². The molecule has 0 bridgehead atoms. The molecule has 21 heavy (non-hydrogen) atoms. The summed E-state index contributed by atoms with van der Waals surface area (Å²) >= 11 is 0. The van der Waals surface area contributed by atoms with Crippen molar-refractivity contribution in [1.29, 1.82) is 0 Å². The summed E-state index contributed by atoms with van der Waals surface area (Å²) < 4.78 is 13.0. The fraction of sp³-hybridized carbons (Fsp3) is 0.571. The lowest BCUT2D eigenvalue weighted by Gasteiger charge is -2.18. The second-order valence-electron chi connectivity index (χ2n) is 5.09. The van der Waals surface area contributed by atoms with Gasteiger partial charge < -0.3 is 24.1 Å². The van der Waals surface area contributed by atoms with Gasteiger partial charge in [-0.3, -0.25) is 0 Å². The zero-order chi connectivity index (χ0) is 14.8. The van der Waals surface area contributed by atoms with E-state index < -0.39 is 0 Å². The van der Waals surface area contributed by atoms with E-state index in [4.69, 9.17) is 14.5 Å². The van der Waals surface area contributed by atoms with E-state index in [9.17, 15) is 0 Å². The Balaban J connectivity index is 1.97. The van der Waals surface area contributed by atoms with Gasteiger partial charge in [0.15, 0.2) is 11.5 Å². The lowest BCUT2D eigenvalue weighted by Crippen LogP contribution is -2.27. The predicted octanol–water partition coefficient (Wildman–Crippen LogP) is 1.01. The van der Waals surface area contributed by atoms with Gasteiger partial charge in [-0.15, -0.1) is 0 Å². The monoisotopic (exact) mass is 291 g/mol. The zero-order valence-electron chi connectivity index (χ0n) is 12.6. The topological polar surface area (TPSA) is 63.9 Å². The van der Waals surface area contributed by atoms with Crippen molar-refractivity contribution in [1.82, 2.24) is 14.4 Å². The number of rotatable bonds is 5. The van der Waals surface area contributed by atoms with E-state index in [1.165, 1.54) is 0 Å².